The van der Waals surface area contributed by atoms with Crippen molar-refractivity contribution in [2.24, 2.45) is 0 Å². The first-order valence-corrected chi connectivity index (χ1v) is 6.41. The van der Waals surface area contributed by atoms with Crippen LogP contribution in [0.4, 0.5) is 5.69 Å². The highest BCUT2D eigenvalue weighted by Gasteiger charge is 2.38. The van der Waals surface area contributed by atoms with Crippen LogP contribution in [0.25, 0.3) is 0 Å². The molecule has 1 fully saturated rings. The summed E-state index contributed by atoms with van der Waals surface area (Å²) in [5.74, 6) is -0.556. The molecule has 1 atom stereocenters. The van der Waals surface area contributed by atoms with Gasteiger partial charge in [-0.05, 0) is 37.0 Å². The van der Waals surface area contributed by atoms with Gasteiger partial charge in [-0.1, -0.05) is 12.1 Å². The molecule has 2 amide bonds. The van der Waals surface area contributed by atoms with Gasteiger partial charge in [-0.15, -0.1) is 0 Å². The molecule has 5 heteroatoms. The van der Waals surface area contributed by atoms with Crippen LogP contribution in [-0.4, -0.2) is 23.5 Å². The largest absolute Gasteiger partial charge is 0.375 e. The highest BCUT2D eigenvalue weighted by Crippen LogP contribution is 2.30. The van der Waals surface area contributed by atoms with Crippen molar-refractivity contribution in [3.05, 3.63) is 29.8 Å². The highest BCUT2D eigenvalue weighted by atomic mass is 16.3. The lowest BCUT2D eigenvalue weighted by Gasteiger charge is -2.25. The summed E-state index contributed by atoms with van der Waals surface area (Å²) in [7, 11) is 0. The predicted molar refractivity (Wildman–Crippen MR) is 71.5 cm³/mol. The lowest BCUT2D eigenvalue weighted by molar-refractivity contribution is -0.140. The maximum atomic E-state index is 12.0. The number of amides is 2. The number of hydrogen-bond donors (Lipinski definition) is 3. The zero-order valence-electron chi connectivity index (χ0n) is 10.9. The maximum Gasteiger partial charge on any atom is 0.256 e. The molecular weight excluding hydrogens is 244 g/mol. The lowest BCUT2D eigenvalue weighted by Crippen LogP contribution is -2.42. The van der Waals surface area contributed by atoms with Crippen LogP contribution in [0.1, 0.15) is 31.7 Å². The van der Waals surface area contributed by atoms with Crippen LogP contribution < -0.4 is 10.6 Å². The van der Waals surface area contributed by atoms with Crippen LogP contribution in [0.5, 0.6) is 0 Å². The Labute approximate surface area is 112 Å². The van der Waals surface area contributed by atoms with E-state index in [1.54, 1.807) is 24.3 Å². The first-order valence-electron chi connectivity index (χ1n) is 6.41. The molecule has 0 aromatic heterocycles. The summed E-state index contributed by atoms with van der Waals surface area (Å²) in [6.07, 6.45) is 2.03. The predicted octanol–water partition coefficient (Wildman–Crippen LogP) is 1.13. The monoisotopic (exact) mass is 262 g/mol. The quantitative estimate of drug-likeness (QED) is 0.747. The minimum atomic E-state index is -1.51. The number of rotatable bonds is 2. The van der Waals surface area contributed by atoms with E-state index >= 15 is 0 Å². The summed E-state index contributed by atoms with van der Waals surface area (Å²) in [5.41, 5.74) is -0.418. The first-order chi connectivity index (χ1) is 9.02. The average molecular weight is 262 g/mol. The Balaban J connectivity index is 2.33. The zero-order valence-corrected chi connectivity index (χ0v) is 10.9. The van der Waals surface area contributed by atoms with Crippen molar-refractivity contribution in [2.75, 3.05) is 11.9 Å². The molecule has 0 radical (unpaired) electrons. The van der Waals surface area contributed by atoms with Crippen molar-refractivity contribution in [3.63, 3.8) is 0 Å². The van der Waals surface area contributed by atoms with Gasteiger partial charge in [-0.3, -0.25) is 9.59 Å². The third-order valence-electron chi connectivity index (χ3n) is 3.29. The molecule has 1 aliphatic rings. The number of carbonyl (C=O) groups is 2. The van der Waals surface area contributed by atoms with Crippen LogP contribution in [-0.2, 0) is 15.2 Å². The molecule has 1 aromatic carbocycles. The molecule has 19 heavy (non-hydrogen) atoms. The van der Waals surface area contributed by atoms with E-state index in [2.05, 4.69) is 10.6 Å². The molecule has 102 valence electrons. The second-order valence-electron chi connectivity index (χ2n) is 4.84. The molecular formula is C14H18N2O3. The van der Waals surface area contributed by atoms with Gasteiger partial charge >= 0.3 is 0 Å². The van der Waals surface area contributed by atoms with E-state index in [9.17, 15) is 14.7 Å². The van der Waals surface area contributed by atoms with Gasteiger partial charge in [-0.2, -0.15) is 0 Å². The molecule has 0 bridgehead atoms. The second kappa shape index (κ2) is 5.40. The summed E-state index contributed by atoms with van der Waals surface area (Å²) in [6.45, 7) is 2.01. The van der Waals surface area contributed by atoms with E-state index in [0.29, 0.717) is 24.2 Å². The number of anilines is 1. The van der Waals surface area contributed by atoms with Gasteiger partial charge < -0.3 is 15.7 Å². The Morgan fingerprint density at radius 2 is 2.21 bits per heavy atom. The van der Waals surface area contributed by atoms with E-state index in [-0.39, 0.29) is 11.8 Å². The van der Waals surface area contributed by atoms with Crippen LogP contribution in [0.3, 0.4) is 0 Å². The third-order valence-corrected chi connectivity index (χ3v) is 3.29. The Kier molecular flexibility index (Phi) is 3.85. The zero-order chi connectivity index (χ0) is 13.9. The molecule has 0 spiro atoms. The molecule has 0 aliphatic carbocycles. The van der Waals surface area contributed by atoms with Crippen molar-refractivity contribution in [3.8, 4) is 0 Å². The number of hydrogen-bond acceptors (Lipinski definition) is 3. The van der Waals surface area contributed by atoms with Gasteiger partial charge in [0, 0.05) is 19.2 Å². The molecule has 1 aromatic rings. The van der Waals surface area contributed by atoms with Crippen molar-refractivity contribution < 1.29 is 14.7 Å². The van der Waals surface area contributed by atoms with Gasteiger partial charge in [0.1, 0.15) is 0 Å². The Morgan fingerprint density at radius 1 is 1.42 bits per heavy atom. The highest BCUT2D eigenvalue weighted by molar-refractivity contribution is 5.90. The first kappa shape index (κ1) is 13.5. The van der Waals surface area contributed by atoms with Crippen molar-refractivity contribution in [1.29, 1.82) is 0 Å². The van der Waals surface area contributed by atoms with Gasteiger partial charge in [0.2, 0.25) is 5.91 Å². The third kappa shape index (κ3) is 2.93. The normalized spacial score (nSPS) is 23.4. The molecule has 0 saturated carbocycles. The minimum absolute atomic E-state index is 0.186. The second-order valence-corrected chi connectivity index (χ2v) is 4.84. The Morgan fingerprint density at radius 3 is 2.95 bits per heavy atom. The topological polar surface area (TPSA) is 78.4 Å². The van der Waals surface area contributed by atoms with E-state index in [1.807, 2.05) is 0 Å². The average Bonchev–Trinajstić information content (AvgIpc) is 2.53. The molecule has 1 aliphatic heterocycles. The molecule has 1 saturated heterocycles. The van der Waals surface area contributed by atoms with Gasteiger partial charge in [-0.25, -0.2) is 0 Å². The minimum Gasteiger partial charge on any atom is -0.375 e. The maximum absolute atomic E-state index is 12.0. The molecule has 5 nitrogen and oxygen atoms in total. The summed E-state index contributed by atoms with van der Waals surface area (Å²) >= 11 is 0. The Hall–Kier alpha value is -1.88. The van der Waals surface area contributed by atoms with E-state index in [4.69, 9.17) is 0 Å². The fourth-order valence-corrected chi connectivity index (χ4v) is 2.30. The van der Waals surface area contributed by atoms with Crippen LogP contribution in [0.2, 0.25) is 0 Å². The molecule has 2 rings (SSSR count). The van der Waals surface area contributed by atoms with Gasteiger partial charge in [0.15, 0.2) is 5.60 Å². The number of nitrogens with one attached hydrogen (secondary N) is 2. The Bertz CT molecular complexity index is 501. The number of aliphatic hydroxyl groups is 1. The fraction of sp³-hybridized carbons (Fsp3) is 0.429. The van der Waals surface area contributed by atoms with Crippen molar-refractivity contribution >= 4 is 17.5 Å². The van der Waals surface area contributed by atoms with Crippen molar-refractivity contribution in [1.82, 2.24) is 5.32 Å². The fourth-order valence-electron chi connectivity index (χ4n) is 2.30. The summed E-state index contributed by atoms with van der Waals surface area (Å²) in [4.78, 5) is 23.1. The SMILES string of the molecule is CC(=O)Nc1cccc(C2(O)CCCCNC2=O)c1. The smallest absolute Gasteiger partial charge is 0.256 e. The van der Waals surface area contributed by atoms with E-state index in [1.165, 1.54) is 6.92 Å². The van der Waals surface area contributed by atoms with E-state index < -0.39 is 5.60 Å². The summed E-state index contributed by atoms with van der Waals surface area (Å²) < 4.78 is 0. The number of carbonyl (C=O) groups excluding carboxylic acids is 2. The summed E-state index contributed by atoms with van der Waals surface area (Å²) in [6, 6.07) is 6.79. The van der Waals surface area contributed by atoms with Crippen LogP contribution in [0, 0.1) is 0 Å². The van der Waals surface area contributed by atoms with Crippen LogP contribution in [0.15, 0.2) is 24.3 Å². The van der Waals surface area contributed by atoms with E-state index in [0.717, 1.165) is 12.8 Å². The van der Waals surface area contributed by atoms with Gasteiger partial charge in [0.05, 0.1) is 0 Å². The molecule has 3 N–H and O–H groups in total. The molecule has 1 unspecified atom stereocenters. The standard InChI is InChI=1S/C14H18N2O3/c1-10(17)16-12-6-4-5-11(9-12)14(19)7-2-3-8-15-13(14)18/h4-6,9,19H,2-3,7-8H2,1H3,(H,15,18)(H,16,17). The number of benzene rings is 1. The lowest BCUT2D eigenvalue weighted by atomic mass is 9.88. The van der Waals surface area contributed by atoms with Crippen molar-refractivity contribution in [2.45, 2.75) is 31.8 Å². The summed E-state index contributed by atoms with van der Waals surface area (Å²) in [5, 5.41) is 16.0. The van der Waals surface area contributed by atoms with Gasteiger partial charge in [0.25, 0.3) is 5.91 Å². The molecule has 1 heterocycles. The van der Waals surface area contributed by atoms with Crippen LogP contribution >= 0.6 is 0 Å².